The fourth-order valence-corrected chi connectivity index (χ4v) is 2.90. The lowest BCUT2D eigenvalue weighted by Gasteiger charge is -2.34. The molecule has 0 spiro atoms. The third kappa shape index (κ3) is 2.45. The highest BCUT2D eigenvalue weighted by molar-refractivity contribution is 7.14. The van der Waals surface area contributed by atoms with Gasteiger partial charge in [-0.3, -0.25) is 4.79 Å². The van der Waals surface area contributed by atoms with E-state index in [0.29, 0.717) is 25.4 Å². The van der Waals surface area contributed by atoms with Crippen molar-refractivity contribution in [2.24, 2.45) is 0 Å². The van der Waals surface area contributed by atoms with Crippen molar-refractivity contribution in [3.05, 3.63) is 15.8 Å². The Bertz CT molecular complexity index is 397. The van der Waals surface area contributed by atoms with E-state index in [2.05, 4.69) is 6.92 Å². The van der Waals surface area contributed by atoms with Crippen LogP contribution in [0.1, 0.15) is 27.9 Å². The largest absolute Gasteiger partial charge is 0.398 e. The molecule has 2 heterocycles. The van der Waals surface area contributed by atoms with Crippen LogP contribution in [0, 0.1) is 6.92 Å². The van der Waals surface area contributed by atoms with Crippen LogP contribution < -0.4 is 5.73 Å². The Kier molecular flexibility index (Phi) is 3.69. The Balaban J connectivity index is 2.18. The van der Waals surface area contributed by atoms with E-state index in [4.69, 9.17) is 10.5 Å². The minimum atomic E-state index is 0.0879. The first kappa shape index (κ1) is 12.4. The maximum atomic E-state index is 12.4. The van der Waals surface area contributed by atoms with Crippen LogP contribution in [0.4, 0.5) is 5.69 Å². The summed E-state index contributed by atoms with van der Waals surface area (Å²) in [5, 5.41) is 0. The molecule has 1 aliphatic heterocycles. The van der Waals surface area contributed by atoms with Gasteiger partial charge in [-0.25, -0.2) is 0 Å². The molecule has 0 aromatic carbocycles. The molecule has 1 atom stereocenters. The van der Waals surface area contributed by atoms with Gasteiger partial charge in [0, 0.05) is 17.1 Å². The van der Waals surface area contributed by atoms with Crippen molar-refractivity contribution in [3.8, 4) is 0 Å². The number of nitrogens with zero attached hydrogens (tertiary/aromatic N) is 1. The zero-order valence-electron chi connectivity index (χ0n) is 10.2. The van der Waals surface area contributed by atoms with Crippen LogP contribution in [0.25, 0.3) is 0 Å². The van der Waals surface area contributed by atoms with Gasteiger partial charge < -0.3 is 15.4 Å². The van der Waals surface area contributed by atoms with Gasteiger partial charge in [0.15, 0.2) is 0 Å². The number of aryl methyl sites for hydroxylation is 1. The molecule has 0 aliphatic carbocycles. The topological polar surface area (TPSA) is 55.6 Å². The molecule has 4 nitrogen and oxygen atoms in total. The van der Waals surface area contributed by atoms with Gasteiger partial charge in [0.25, 0.3) is 5.91 Å². The fraction of sp³-hybridized carbons (Fsp3) is 0.583. The van der Waals surface area contributed by atoms with Crippen LogP contribution >= 0.6 is 11.3 Å². The lowest BCUT2D eigenvalue weighted by Crippen LogP contribution is -2.48. The summed E-state index contributed by atoms with van der Waals surface area (Å²) in [6.07, 6.45) is 0.922. The molecule has 0 bridgehead atoms. The molecule has 1 aliphatic rings. The Morgan fingerprint density at radius 2 is 2.47 bits per heavy atom. The quantitative estimate of drug-likeness (QED) is 0.877. The first-order chi connectivity index (χ1) is 8.13. The summed E-state index contributed by atoms with van der Waals surface area (Å²) in [7, 11) is 0. The Morgan fingerprint density at radius 1 is 1.71 bits per heavy atom. The van der Waals surface area contributed by atoms with E-state index in [1.807, 2.05) is 11.8 Å². The van der Waals surface area contributed by atoms with E-state index in [1.54, 1.807) is 6.07 Å². The molecule has 0 saturated carbocycles. The van der Waals surface area contributed by atoms with Gasteiger partial charge in [-0.1, -0.05) is 6.92 Å². The number of hydrogen-bond acceptors (Lipinski definition) is 4. The standard InChI is InChI=1S/C12H18N2O2S/c1-3-9-7-16-5-4-14(9)12(15)11-6-10(13)8(2)17-11/h6,9H,3-5,7,13H2,1-2H3. The van der Waals surface area contributed by atoms with Crippen LogP contribution in [0.2, 0.25) is 0 Å². The van der Waals surface area contributed by atoms with Crippen molar-refractivity contribution in [2.45, 2.75) is 26.3 Å². The lowest BCUT2D eigenvalue weighted by molar-refractivity contribution is -0.00253. The van der Waals surface area contributed by atoms with Crippen molar-refractivity contribution in [1.82, 2.24) is 4.90 Å². The number of morpholine rings is 1. The minimum Gasteiger partial charge on any atom is -0.398 e. The smallest absolute Gasteiger partial charge is 0.264 e. The molecule has 2 rings (SSSR count). The number of carbonyl (C=O) groups excluding carboxylic acids is 1. The lowest BCUT2D eigenvalue weighted by atomic mass is 10.1. The zero-order valence-corrected chi connectivity index (χ0v) is 11.0. The average molecular weight is 254 g/mol. The summed E-state index contributed by atoms with van der Waals surface area (Å²) in [5.74, 6) is 0.0879. The second-order valence-electron chi connectivity index (χ2n) is 4.26. The van der Waals surface area contributed by atoms with Gasteiger partial charge in [-0.15, -0.1) is 11.3 Å². The first-order valence-corrected chi connectivity index (χ1v) is 6.69. The van der Waals surface area contributed by atoms with Crippen LogP contribution in [0.3, 0.4) is 0 Å². The van der Waals surface area contributed by atoms with E-state index in [1.165, 1.54) is 11.3 Å². The van der Waals surface area contributed by atoms with Gasteiger partial charge in [0.1, 0.15) is 0 Å². The molecule has 5 heteroatoms. The fourth-order valence-electron chi connectivity index (χ4n) is 2.00. The number of rotatable bonds is 2. The van der Waals surface area contributed by atoms with E-state index in [9.17, 15) is 4.79 Å². The van der Waals surface area contributed by atoms with Gasteiger partial charge in [-0.05, 0) is 19.4 Å². The maximum Gasteiger partial charge on any atom is 0.264 e. The van der Waals surface area contributed by atoms with Crippen molar-refractivity contribution in [1.29, 1.82) is 0 Å². The summed E-state index contributed by atoms with van der Waals surface area (Å²) in [6, 6.07) is 1.98. The molecule has 1 fully saturated rings. The molecule has 1 saturated heterocycles. The summed E-state index contributed by atoms with van der Waals surface area (Å²) >= 11 is 1.47. The van der Waals surface area contributed by atoms with Crippen molar-refractivity contribution < 1.29 is 9.53 Å². The molecule has 1 aromatic rings. The van der Waals surface area contributed by atoms with E-state index < -0.39 is 0 Å². The number of anilines is 1. The van der Waals surface area contributed by atoms with Gasteiger partial charge in [-0.2, -0.15) is 0 Å². The Hall–Kier alpha value is -1.07. The molecule has 1 unspecified atom stereocenters. The Labute approximate surface area is 105 Å². The average Bonchev–Trinajstić information content (AvgIpc) is 2.68. The summed E-state index contributed by atoms with van der Waals surface area (Å²) in [4.78, 5) is 16.0. The van der Waals surface area contributed by atoms with Crippen molar-refractivity contribution in [3.63, 3.8) is 0 Å². The third-order valence-corrected chi connectivity index (χ3v) is 4.18. The van der Waals surface area contributed by atoms with E-state index >= 15 is 0 Å². The number of nitrogen functional groups attached to an aromatic ring is 1. The molecular formula is C12H18N2O2S. The van der Waals surface area contributed by atoms with Crippen LogP contribution in [-0.4, -0.2) is 36.6 Å². The van der Waals surface area contributed by atoms with Gasteiger partial charge >= 0.3 is 0 Å². The maximum absolute atomic E-state index is 12.4. The molecule has 1 aromatic heterocycles. The number of carbonyl (C=O) groups is 1. The van der Waals surface area contributed by atoms with Crippen molar-refractivity contribution in [2.75, 3.05) is 25.5 Å². The molecule has 0 radical (unpaired) electrons. The Morgan fingerprint density at radius 3 is 3.06 bits per heavy atom. The van der Waals surface area contributed by atoms with Gasteiger partial charge in [0.05, 0.1) is 24.1 Å². The van der Waals surface area contributed by atoms with Gasteiger partial charge in [0.2, 0.25) is 0 Å². The number of nitrogens with two attached hydrogens (primary N) is 1. The number of amides is 1. The molecule has 17 heavy (non-hydrogen) atoms. The number of hydrogen-bond donors (Lipinski definition) is 1. The summed E-state index contributed by atoms with van der Waals surface area (Å²) < 4.78 is 5.40. The third-order valence-electron chi connectivity index (χ3n) is 3.13. The highest BCUT2D eigenvalue weighted by Gasteiger charge is 2.27. The first-order valence-electron chi connectivity index (χ1n) is 5.88. The SMILES string of the molecule is CCC1COCCN1C(=O)c1cc(N)c(C)s1. The van der Waals surface area contributed by atoms with E-state index in [0.717, 1.165) is 16.2 Å². The van der Waals surface area contributed by atoms with E-state index in [-0.39, 0.29) is 11.9 Å². The number of thiophene rings is 1. The molecule has 94 valence electrons. The predicted octanol–water partition coefficient (Wildman–Crippen LogP) is 1.89. The van der Waals surface area contributed by atoms with Crippen LogP contribution in [0.5, 0.6) is 0 Å². The molecular weight excluding hydrogens is 236 g/mol. The second kappa shape index (κ2) is 5.06. The molecule has 1 amide bonds. The summed E-state index contributed by atoms with van der Waals surface area (Å²) in [5.41, 5.74) is 6.50. The summed E-state index contributed by atoms with van der Waals surface area (Å²) in [6.45, 7) is 5.96. The number of ether oxygens (including phenoxy) is 1. The predicted molar refractivity (Wildman–Crippen MR) is 69.4 cm³/mol. The molecule has 2 N–H and O–H groups in total. The van der Waals surface area contributed by atoms with Crippen LogP contribution in [-0.2, 0) is 4.74 Å². The van der Waals surface area contributed by atoms with Crippen molar-refractivity contribution >= 4 is 22.9 Å². The minimum absolute atomic E-state index is 0.0879. The second-order valence-corrected chi connectivity index (χ2v) is 5.51. The zero-order chi connectivity index (χ0) is 12.4. The normalized spacial score (nSPS) is 20.6. The van der Waals surface area contributed by atoms with Crippen LogP contribution in [0.15, 0.2) is 6.07 Å². The monoisotopic (exact) mass is 254 g/mol. The highest BCUT2D eigenvalue weighted by Crippen LogP contribution is 2.26. The highest BCUT2D eigenvalue weighted by atomic mass is 32.1.